The smallest absolute Gasteiger partial charge is 0.321 e. The van der Waals surface area contributed by atoms with Gasteiger partial charge in [0.15, 0.2) is 0 Å². The van der Waals surface area contributed by atoms with E-state index in [1.54, 1.807) is 12.1 Å². The van der Waals surface area contributed by atoms with Crippen molar-refractivity contribution in [1.29, 1.82) is 5.26 Å². The Morgan fingerprint density at radius 3 is 2.80 bits per heavy atom. The fourth-order valence-electron chi connectivity index (χ4n) is 1.11. The van der Waals surface area contributed by atoms with Crippen LogP contribution in [-0.2, 0) is 11.2 Å². The third-order valence-electron chi connectivity index (χ3n) is 1.86. The largest absolute Gasteiger partial charge is 0.480 e. The van der Waals surface area contributed by atoms with Crippen molar-refractivity contribution in [1.82, 2.24) is 0 Å². The summed E-state index contributed by atoms with van der Waals surface area (Å²) in [6.45, 7) is 0. The number of hydrogen-bond acceptors (Lipinski definition) is 2. The number of halogens is 2. The number of carbonyl (C=O) groups is 1. The van der Waals surface area contributed by atoms with Crippen LogP contribution in [0.25, 0.3) is 0 Å². The monoisotopic (exact) mass is 243 g/mol. The van der Waals surface area contributed by atoms with Gasteiger partial charge in [-0.2, -0.15) is 5.26 Å². The zero-order valence-corrected chi connectivity index (χ0v) is 9.09. The van der Waals surface area contributed by atoms with E-state index in [9.17, 15) is 4.79 Å². The summed E-state index contributed by atoms with van der Waals surface area (Å²) in [5.41, 5.74) is 0.943. The molecule has 5 heteroatoms. The first-order valence-electron chi connectivity index (χ1n) is 4.10. The standard InChI is InChI=1S/C10H7Cl2NO2/c11-8-2-1-6(7(3-8)5-13)4-9(12)10(14)15/h1-3,9H,4H2,(H,14,15). The lowest BCUT2D eigenvalue weighted by Gasteiger charge is -2.06. The van der Waals surface area contributed by atoms with Gasteiger partial charge in [-0.1, -0.05) is 17.7 Å². The van der Waals surface area contributed by atoms with Gasteiger partial charge in [0.2, 0.25) is 0 Å². The predicted octanol–water partition coefficient (Wildman–Crippen LogP) is 2.45. The fourth-order valence-corrected chi connectivity index (χ4v) is 1.45. The molecule has 15 heavy (non-hydrogen) atoms. The van der Waals surface area contributed by atoms with E-state index in [4.69, 9.17) is 33.6 Å². The zero-order chi connectivity index (χ0) is 11.4. The van der Waals surface area contributed by atoms with E-state index in [1.165, 1.54) is 6.07 Å². The highest BCUT2D eigenvalue weighted by Crippen LogP contribution is 2.18. The van der Waals surface area contributed by atoms with E-state index in [-0.39, 0.29) is 6.42 Å². The van der Waals surface area contributed by atoms with Crippen molar-refractivity contribution in [3.8, 4) is 6.07 Å². The molecule has 0 bridgehead atoms. The van der Waals surface area contributed by atoms with E-state index < -0.39 is 11.3 Å². The summed E-state index contributed by atoms with van der Waals surface area (Å²) >= 11 is 11.3. The average Bonchev–Trinajstić information content (AvgIpc) is 2.20. The summed E-state index contributed by atoms with van der Waals surface area (Å²) < 4.78 is 0. The Balaban J connectivity index is 2.96. The first kappa shape index (κ1) is 11.8. The Labute approximate surface area is 96.8 Å². The molecule has 0 aliphatic rings. The molecule has 0 amide bonds. The minimum Gasteiger partial charge on any atom is -0.480 e. The molecule has 1 N–H and O–H groups in total. The maximum atomic E-state index is 10.5. The number of nitrogens with zero attached hydrogens (tertiary/aromatic N) is 1. The van der Waals surface area contributed by atoms with E-state index in [2.05, 4.69) is 0 Å². The molecule has 1 rings (SSSR count). The van der Waals surface area contributed by atoms with E-state index in [0.29, 0.717) is 16.1 Å². The van der Waals surface area contributed by atoms with Crippen molar-refractivity contribution >= 4 is 29.2 Å². The second-order valence-electron chi connectivity index (χ2n) is 2.92. The Kier molecular flexibility index (Phi) is 3.96. The van der Waals surface area contributed by atoms with Gasteiger partial charge in [0, 0.05) is 11.4 Å². The minimum absolute atomic E-state index is 0.108. The maximum absolute atomic E-state index is 10.5. The molecule has 0 fully saturated rings. The van der Waals surface area contributed by atoms with Crippen LogP contribution in [0.15, 0.2) is 18.2 Å². The molecular weight excluding hydrogens is 237 g/mol. The molecule has 1 atom stereocenters. The van der Waals surface area contributed by atoms with Crippen LogP contribution in [0.2, 0.25) is 5.02 Å². The Bertz CT molecular complexity index is 426. The zero-order valence-electron chi connectivity index (χ0n) is 7.58. The van der Waals surface area contributed by atoms with Gasteiger partial charge < -0.3 is 5.11 Å². The van der Waals surface area contributed by atoms with Gasteiger partial charge in [-0.05, 0) is 17.7 Å². The van der Waals surface area contributed by atoms with Gasteiger partial charge in [0.25, 0.3) is 0 Å². The molecule has 0 aliphatic heterocycles. The molecule has 0 aliphatic carbocycles. The Morgan fingerprint density at radius 1 is 1.60 bits per heavy atom. The molecule has 0 radical (unpaired) electrons. The van der Waals surface area contributed by atoms with Gasteiger partial charge in [-0.3, -0.25) is 4.79 Å². The highest BCUT2D eigenvalue weighted by Gasteiger charge is 2.16. The average molecular weight is 244 g/mol. The summed E-state index contributed by atoms with van der Waals surface area (Å²) in [5, 5.41) is 16.8. The minimum atomic E-state index is -1.10. The lowest BCUT2D eigenvalue weighted by molar-refractivity contribution is -0.136. The Morgan fingerprint density at radius 2 is 2.27 bits per heavy atom. The van der Waals surface area contributed by atoms with Gasteiger partial charge >= 0.3 is 5.97 Å². The number of carboxylic acids is 1. The van der Waals surface area contributed by atoms with Gasteiger partial charge in [0.1, 0.15) is 5.38 Å². The number of hydrogen-bond donors (Lipinski definition) is 1. The second-order valence-corrected chi connectivity index (χ2v) is 3.89. The fraction of sp³-hybridized carbons (Fsp3) is 0.200. The lowest BCUT2D eigenvalue weighted by Crippen LogP contribution is -2.16. The number of benzene rings is 1. The molecule has 78 valence electrons. The summed E-state index contributed by atoms with van der Waals surface area (Å²) in [5.74, 6) is -1.10. The summed E-state index contributed by atoms with van der Waals surface area (Å²) in [6.07, 6.45) is 0.108. The van der Waals surface area contributed by atoms with E-state index in [0.717, 1.165) is 0 Å². The summed E-state index contributed by atoms with van der Waals surface area (Å²) in [4.78, 5) is 10.5. The number of alkyl halides is 1. The maximum Gasteiger partial charge on any atom is 0.321 e. The van der Waals surface area contributed by atoms with Gasteiger partial charge in [-0.25, -0.2) is 0 Å². The molecule has 0 saturated carbocycles. The molecule has 0 heterocycles. The van der Waals surface area contributed by atoms with E-state index >= 15 is 0 Å². The van der Waals surface area contributed by atoms with E-state index in [1.807, 2.05) is 6.07 Å². The van der Waals surface area contributed by atoms with Gasteiger partial charge in [-0.15, -0.1) is 11.6 Å². The normalized spacial score (nSPS) is 11.8. The molecule has 0 aromatic heterocycles. The van der Waals surface area contributed by atoms with Crippen LogP contribution in [0.4, 0.5) is 0 Å². The van der Waals surface area contributed by atoms with Crippen molar-refractivity contribution in [2.24, 2.45) is 0 Å². The summed E-state index contributed by atoms with van der Waals surface area (Å²) in [6, 6.07) is 6.64. The van der Waals surface area contributed by atoms with Crippen molar-refractivity contribution < 1.29 is 9.90 Å². The van der Waals surface area contributed by atoms with Crippen LogP contribution in [0.3, 0.4) is 0 Å². The molecule has 1 unspecified atom stereocenters. The van der Waals surface area contributed by atoms with Crippen LogP contribution in [-0.4, -0.2) is 16.5 Å². The predicted molar refractivity (Wildman–Crippen MR) is 57.1 cm³/mol. The number of nitriles is 1. The van der Waals surface area contributed by atoms with Crippen LogP contribution in [0.1, 0.15) is 11.1 Å². The number of aliphatic carboxylic acids is 1. The molecule has 1 aromatic carbocycles. The van der Waals surface area contributed by atoms with Crippen LogP contribution in [0, 0.1) is 11.3 Å². The quantitative estimate of drug-likeness (QED) is 0.830. The van der Waals surface area contributed by atoms with Crippen LogP contribution >= 0.6 is 23.2 Å². The van der Waals surface area contributed by atoms with Crippen LogP contribution in [0.5, 0.6) is 0 Å². The molecule has 1 aromatic rings. The second kappa shape index (κ2) is 5.01. The third kappa shape index (κ3) is 3.12. The highest BCUT2D eigenvalue weighted by molar-refractivity contribution is 6.31. The van der Waals surface area contributed by atoms with Crippen LogP contribution < -0.4 is 0 Å². The number of rotatable bonds is 3. The Hall–Kier alpha value is -1.24. The first-order chi connectivity index (χ1) is 7.04. The van der Waals surface area contributed by atoms with Crippen molar-refractivity contribution in [2.45, 2.75) is 11.8 Å². The SMILES string of the molecule is N#Cc1cc(Cl)ccc1CC(Cl)C(=O)O. The molecular formula is C10H7Cl2NO2. The topological polar surface area (TPSA) is 61.1 Å². The molecule has 3 nitrogen and oxygen atoms in total. The number of carboxylic acid groups (broad SMARTS) is 1. The molecule has 0 saturated heterocycles. The summed E-state index contributed by atoms with van der Waals surface area (Å²) in [7, 11) is 0. The van der Waals surface area contributed by atoms with Crippen molar-refractivity contribution in [3.63, 3.8) is 0 Å². The lowest BCUT2D eigenvalue weighted by atomic mass is 10.0. The van der Waals surface area contributed by atoms with Crippen molar-refractivity contribution in [2.75, 3.05) is 0 Å². The third-order valence-corrected chi connectivity index (χ3v) is 2.44. The van der Waals surface area contributed by atoms with Crippen molar-refractivity contribution in [3.05, 3.63) is 34.3 Å². The van der Waals surface area contributed by atoms with Gasteiger partial charge in [0.05, 0.1) is 11.6 Å². The molecule has 0 spiro atoms. The first-order valence-corrected chi connectivity index (χ1v) is 4.91. The highest BCUT2D eigenvalue weighted by atomic mass is 35.5.